The summed E-state index contributed by atoms with van der Waals surface area (Å²) in [5, 5.41) is 0. The minimum absolute atomic E-state index is 0.0547. The van der Waals surface area contributed by atoms with Gasteiger partial charge in [0.05, 0.1) is 11.8 Å². The van der Waals surface area contributed by atoms with Gasteiger partial charge in [0.2, 0.25) is 0 Å². The van der Waals surface area contributed by atoms with Crippen LogP contribution in [0.2, 0.25) is 0 Å². The standard InChI is InChI=1S/C21H30N4O2/c1-15-20(23-16(2)22-15)17-7-5-8-18(13-17)21(26)25(11-10-24(3)4)14-19-9-6-12-27-19/h5,7-8,13,19H,6,9-12,14H2,1-4H3,(H,22,23)/t19-/m1/s1. The predicted molar refractivity (Wildman–Crippen MR) is 107 cm³/mol. The molecule has 0 bridgehead atoms. The van der Waals surface area contributed by atoms with E-state index < -0.39 is 0 Å². The molecular weight excluding hydrogens is 340 g/mol. The molecule has 1 amide bonds. The maximum Gasteiger partial charge on any atom is 0.254 e. The number of hydrogen-bond acceptors (Lipinski definition) is 4. The molecule has 27 heavy (non-hydrogen) atoms. The highest BCUT2D eigenvalue weighted by molar-refractivity contribution is 5.95. The number of amides is 1. The Morgan fingerprint density at radius 1 is 1.30 bits per heavy atom. The van der Waals surface area contributed by atoms with E-state index in [-0.39, 0.29) is 12.0 Å². The van der Waals surface area contributed by atoms with E-state index in [0.717, 1.165) is 48.8 Å². The molecule has 1 aromatic heterocycles. The van der Waals surface area contributed by atoms with E-state index in [9.17, 15) is 4.79 Å². The third kappa shape index (κ3) is 4.96. The summed E-state index contributed by atoms with van der Waals surface area (Å²) in [7, 11) is 4.05. The number of nitrogens with one attached hydrogen (secondary N) is 1. The van der Waals surface area contributed by atoms with Crippen LogP contribution in [0.1, 0.15) is 34.7 Å². The molecule has 1 aliphatic heterocycles. The lowest BCUT2D eigenvalue weighted by atomic mass is 10.1. The van der Waals surface area contributed by atoms with Crippen molar-refractivity contribution in [1.29, 1.82) is 0 Å². The van der Waals surface area contributed by atoms with Crippen molar-refractivity contribution in [2.45, 2.75) is 32.8 Å². The first kappa shape index (κ1) is 19.6. The van der Waals surface area contributed by atoms with Gasteiger partial charge in [-0.3, -0.25) is 4.79 Å². The zero-order valence-corrected chi connectivity index (χ0v) is 16.8. The summed E-state index contributed by atoms with van der Waals surface area (Å²) in [6, 6.07) is 7.77. The van der Waals surface area contributed by atoms with Crippen LogP contribution in [0, 0.1) is 13.8 Å². The fourth-order valence-electron chi connectivity index (χ4n) is 3.50. The molecule has 1 N–H and O–H groups in total. The fraction of sp³-hybridized carbons (Fsp3) is 0.524. The highest BCUT2D eigenvalue weighted by Gasteiger charge is 2.24. The van der Waals surface area contributed by atoms with Crippen LogP contribution < -0.4 is 0 Å². The van der Waals surface area contributed by atoms with Crippen LogP contribution in [-0.2, 0) is 4.74 Å². The highest BCUT2D eigenvalue weighted by atomic mass is 16.5. The van der Waals surface area contributed by atoms with Crippen molar-refractivity contribution in [3.63, 3.8) is 0 Å². The van der Waals surface area contributed by atoms with Crippen LogP contribution in [0.3, 0.4) is 0 Å². The summed E-state index contributed by atoms with van der Waals surface area (Å²) in [4.78, 5) is 25.1. The molecular formula is C21H30N4O2. The second kappa shape index (κ2) is 8.67. The van der Waals surface area contributed by atoms with E-state index >= 15 is 0 Å². The number of carbonyl (C=O) groups is 1. The first-order valence-corrected chi connectivity index (χ1v) is 9.63. The molecule has 6 heteroatoms. The highest BCUT2D eigenvalue weighted by Crippen LogP contribution is 2.23. The van der Waals surface area contributed by atoms with Crippen molar-refractivity contribution in [3.05, 3.63) is 41.3 Å². The number of aromatic nitrogens is 2. The fourth-order valence-corrected chi connectivity index (χ4v) is 3.50. The van der Waals surface area contributed by atoms with Crippen molar-refractivity contribution < 1.29 is 9.53 Å². The quantitative estimate of drug-likeness (QED) is 0.814. The van der Waals surface area contributed by atoms with E-state index in [1.807, 2.05) is 57.1 Å². The van der Waals surface area contributed by atoms with Gasteiger partial charge in [0, 0.05) is 43.1 Å². The summed E-state index contributed by atoms with van der Waals surface area (Å²) in [5.41, 5.74) is 3.58. The Bertz CT molecular complexity index is 778. The Balaban J connectivity index is 1.81. The van der Waals surface area contributed by atoms with E-state index in [0.29, 0.717) is 18.7 Å². The molecule has 1 atom stereocenters. The van der Waals surface area contributed by atoms with Gasteiger partial charge in [0.1, 0.15) is 5.82 Å². The Hall–Kier alpha value is -2.18. The molecule has 0 spiro atoms. The summed E-state index contributed by atoms with van der Waals surface area (Å²) in [6.07, 6.45) is 2.25. The van der Waals surface area contributed by atoms with Gasteiger partial charge in [-0.25, -0.2) is 4.98 Å². The lowest BCUT2D eigenvalue weighted by Gasteiger charge is -2.27. The lowest BCUT2D eigenvalue weighted by Crippen LogP contribution is -2.41. The van der Waals surface area contributed by atoms with Crippen molar-refractivity contribution >= 4 is 5.91 Å². The maximum atomic E-state index is 13.2. The van der Waals surface area contributed by atoms with E-state index in [4.69, 9.17) is 4.74 Å². The summed E-state index contributed by atoms with van der Waals surface area (Å²) in [6.45, 7) is 6.91. The maximum absolute atomic E-state index is 13.2. The Morgan fingerprint density at radius 2 is 2.11 bits per heavy atom. The Morgan fingerprint density at radius 3 is 2.74 bits per heavy atom. The second-order valence-electron chi connectivity index (χ2n) is 7.57. The molecule has 1 aromatic carbocycles. The van der Waals surface area contributed by atoms with Crippen molar-refractivity contribution in [2.24, 2.45) is 0 Å². The topological polar surface area (TPSA) is 61.5 Å². The van der Waals surface area contributed by atoms with Gasteiger partial charge in [-0.15, -0.1) is 0 Å². The molecule has 0 radical (unpaired) electrons. The second-order valence-corrected chi connectivity index (χ2v) is 7.57. The summed E-state index contributed by atoms with van der Waals surface area (Å²) < 4.78 is 5.77. The van der Waals surface area contributed by atoms with Crippen molar-refractivity contribution in [3.8, 4) is 11.3 Å². The summed E-state index contributed by atoms with van der Waals surface area (Å²) >= 11 is 0. The minimum Gasteiger partial charge on any atom is -0.376 e. The number of imidazole rings is 1. The van der Waals surface area contributed by atoms with Gasteiger partial charge in [0.25, 0.3) is 5.91 Å². The van der Waals surface area contributed by atoms with Crippen molar-refractivity contribution in [2.75, 3.05) is 40.3 Å². The third-order valence-corrected chi connectivity index (χ3v) is 4.94. The van der Waals surface area contributed by atoms with Gasteiger partial charge < -0.3 is 19.5 Å². The predicted octanol–water partition coefficient (Wildman–Crippen LogP) is 2.88. The number of carbonyl (C=O) groups excluding carboxylic acids is 1. The van der Waals surface area contributed by atoms with Crippen LogP contribution in [0.25, 0.3) is 11.3 Å². The molecule has 0 aliphatic carbocycles. The van der Waals surface area contributed by atoms with Crippen molar-refractivity contribution in [1.82, 2.24) is 19.8 Å². The number of H-pyrrole nitrogens is 1. The van der Waals surface area contributed by atoms with Crippen LogP contribution in [0.15, 0.2) is 24.3 Å². The van der Waals surface area contributed by atoms with E-state index in [1.54, 1.807) is 0 Å². The van der Waals surface area contributed by atoms with Crippen LogP contribution in [0.4, 0.5) is 0 Å². The molecule has 6 nitrogen and oxygen atoms in total. The zero-order valence-electron chi connectivity index (χ0n) is 16.8. The average molecular weight is 370 g/mol. The van der Waals surface area contributed by atoms with Gasteiger partial charge in [-0.2, -0.15) is 0 Å². The number of benzene rings is 1. The largest absolute Gasteiger partial charge is 0.376 e. The molecule has 2 heterocycles. The molecule has 1 aliphatic rings. The number of aromatic amines is 1. The van der Waals surface area contributed by atoms with Crippen LogP contribution in [-0.4, -0.2) is 72.1 Å². The van der Waals surface area contributed by atoms with Gasteiger partial charge in [0.15, 0.2) is 0 Å². The molecule has 146 valence electrons. The smallest absolute Gasteiger partial charge is 0.254 e. The number of hydrogen-bond donors (Lipinski definition) is 1. The van der Waals surface area contributed by atoms with Crippen LogP contribution >= 0.6 is 0 Å². The molecule has 0 unspecified atom stereocenters. The average Bonchev–Trinajstić information content (AvgIpc) is 3.27. The van der Waals surface area contributed by atoms with E-state index in [1.165, 1.54) is 0 Å². The van der Waals surface area contributed by atoms with E-state index in [2.05, 4.69) is 14.9 Å². The Labute approximate surface area is 161 Å². The Kier molecular flexibility index (Phi) is 6.29. The number of aryl methyl sites for hydroxylation is 2. The molecule has 0 saturated carbocycles. The number of rotatable bonds is 7. The zero-order chi connectivity index (χ0) is 19.4. The van der Waals surface area contributed by atoms with Gasteiger partial charge in [-0.1, -0.05) is 12.1 Å². The third-order valence-electron chi connectivity index (χ3n) is 4.94. The number of likely N-dealkylation sites (N-methyl/N-ethyl adjacent to an activating group) is 1. The molecule has 3 rings (SSSR count). The minimum atomic E-state index is 0.0547. The molecule has 1 fully saturated rings. The van der Waals surface area contributed by atoms with Gasteiger partial charge in [-0.05, 0) is 52.9 Å². The normalized spacial score (nSPS) is 16.9. The molecule has 2 aromatic rings. The SMILES string of the molecule is Cc1nc(-c2cccc(C(=O)N(CCN(C)C)C[C@H]3CCCO3)c2)c(C)[nH]1. The monoisotopic (exact) mass is 370 g/mol. The number of ether oxygens (including phenoxy) is 1. The first-order chi connectivity index (χ1) is 12.9. The summed E-state index contributed by atoms with van der Waals surface area (Å²) in [5.74, 6) is 0.935. The lowest BCUT2D eigenvalue weighted by molar-refractivity contribution is 0.0512. The number of nitrogens with zero attached hydrogens (tertiary/aromatic N) is 3. The first-order valence-electron chi connectivity index (χ1n) is 9.63. The molecule has 1 saturated heterocycles. The van der Waals surface area contributed by atoms with Gasteiger partial charge >= 0.3 is 0 Å². The van der Waals surface area contributed by atoms with Crippen LogP contribution in [0.5, 0.6) is 0 Å².